The van der Waals surface area contributed by atoms with Crippen LogP contribution in [0.2, 0.25) is 0 Å². The second-order valence-electron chi connectivity index (χ2n) is 3.35. The quantitative estimate of drug-likeness (QED) is 0.619. The fraction of sp³-hybridized carbons (Fsp3) is 0.800. The Kier molecular flexibility index (Phi) is 7.62. The summed E-state index contributed by atoms with van der Waals surface area (Å²) in [5.41, 5.74) is 0. The Balaban J connectivity index is 3.97. The Labute approximate surface area is 89.7 Å². The van der Waals surface area contributed by atoms with E-state index in [4.69, 9.17) is 10.2 Å². The lowest BCUT2D eigenvalue weighted by molar-refractivity contribution is -0.141. The fourth-order valence-electron chi connectivity index (χ4n) is 1.20. The number of amides is 1. The van der Waals surface area contributed by atoms with Gasteiger partial charge >= 0.3 is 5.97 Å². The molecule has 0 rings (SSSR count). The van der Waals surface area contributed by atoms with Crippen molar-refractivity contribution in [3.8, 4) is 0 Å². The van der Waals surface area contributed by atoms with Crippen molar-refractivity contribution in [3.63, 3.8) is 0 Å². The van der Waals surface area contributed by atoms with E-state index < -0.39 is 5.97 Å². The summed E-state index contributed by atoms with van der Waals surface area (Å²) in [5, 5.41) is 17.2. The van der Waals surface area contributed by atoms with Gasteiger partial charge in [-0.1, -0.05) is 13.3 Å². The first kappa shape index (κ1) is 13.9. The summed E-state index contributed by atoms with van der Waals surface area (Å²) in [6.07, 6.45) is 1.71. The van der Waals surface area contributed by atoms with Crippen molar-refractivity contribution in [3.05, 3.63) is 0 Å². The molecule has 0 aliphatic rings. The van der Waals surface area contributed by atoms with Crippen LogP contribution in [0.25, 0.3) is 0 Å². The molecule has 1 amide bonds. The summed E-state index contributed by atoms with van der Waals surface area (Å²) in [6.45, 7) is 2.81. The highest BCUT2D eigenvalue weighted by atomic mass is 16.4. The third kappa shape index (κ3) is 6.90. The van der Waals surface area contributed by atoms with Crippen molar-refractivity contribution >= 4 is 11.9 Å². The van der Waals surface area contributed by atoms with Crippen molar-refractivity contribution in [2.24, 2.45) is 0 Å². The first-order valence-electron chi connectivity index (χ1n) is 5.22. The first-order valence-corrected chi connectivity index (χ1v) is 5.22. The van der Waals surface area contributed by atoms with Gasteiger partial charge in [0.05, 0.1) is 13.0 Å². The van der Waals surface area contributed by atoms with Crippen LogP contribution < -0.4 is 0 Å². The minimum Gasteiger partial charge on any atom is -0.481 e. The molecule has 0 saturated heterocycles. The second kappa shape index (κ2) is 8.23. The van der Waals surface area contributed by atoms with Gasteiger partial charge in [0.15, 0.2) is 0 Å². The number of aliphatic hydroxyl groups is 1. The number of hydrogen-bond acceptors (Lipinski definition) is 3. The van der Waals surface area contributed by atoms with Crippen molar-refractivity contribution in [1.82, 2.24) is 4.90 Å². The maximum absolute atomic E-state index is 11.5. The van der Waals surface area contributed by atoms with Gasteiger partial charge in [-0.15, -0.1) is 0 Å². The van der Waals surface area contributed by atoms with Crippen molar-refractivity contribution < 1.29 is 19.8 Å². The molecule has 0 heterocycles. The zero-order valence-electron chi connectivity index (χ0n) is 9.11. The summed E-state index contributed by atoms with van der Waals surface area (Å²) in [4.78, 5) is 23.3. The molecule has 0 aromatic carbocycles. The monoisotopic (exact) mass is 217 g/mol. The van der Waals surface area contributed by atoms with Crippen LogP contribution in [0.1, 0.15) is 32.6 Å². The van der Waals surface area contributed by atoms with Crippen LogP contribution in [0.15, 0.2) is 0 Å². The van der Waals surface area contributed by atoms with E-state index in [1.54, 1.807) is 0 Å². The zero-order chi connectivity index (χ0) is 11.7. The van der Waals surface area contributed by atoms with E-state index in [0.717, 1.165) is 12.8 Å². The molecule has 0 saturated carbocycles. The summed E-state index contributed by atoms with van der Waals surface area (Å²) in [7, 11) is 0. The van der Waals surface area contributed by atoms with Crippen LogP contribution in [-0.2, 0) is 9.59 Å². The Morgan fingerprint density at radius 3 is 2.33 bits per heavy atom. The van der Waals surface area contributed by atoms with Gasteiger partial charge in [-0.3, -0.25) is 9.59 Å². The van der Waals surface area contributed by atoms with Gasteiger partial charge in [0.2, 0.25) is 5.91 Å². The highest BCUT2D eigenvalue weighted by Crippen LogP contribution is 2.01. The fourth-order valence-corrected chi connectivity index (χ4v) is 1.20. The van der Waals surface area contributed by atoms with E-state index in [-0.39, 0.29) is 25.4 Å². The first-order chi connectivity index (χ1) is 7.11. The number of carboxylic acid groups (broad SMARTS) is 1. The number of unbranched alkanes of at least 4 members (excludes halogenated alkanes) is 1. The summed E-state index contributed by atoms with van der Waals surface area (Å²) < 4.78 is 0. The molecule has 0 aliphatic heterocycles. The normalized spacial score (nSPS) is 10.0. The molecule has 0 aromatic heterocycles. The molecule has 0 bridgehead atoms. The Bertz CT molecular complexity index is 206. The zero-order valence-corrected chi connectivity index (χ0v) is 9.11. The molecule has 5 heteroatoms. The van der Waals surface area contributed by atoms with Gasteiger partial charge in [-0.25, -0.2) is 0 Å². The molecule has 0 atom stereocenters. The van der Waals surface area contributed by atoms with Crippen molar-refractivity contribution in [2.45, 2.75) is 32.6 Å². The smallest absolute Gasteiger partial charge is 0.303 e. The van der Waals surface area contributed by atoms with Crippen LogP contribution in [0.3, 0.4) is 0 Å². The highest BCUT2D eigenvalue weighted by molar-refractivity contribution is 5.80. The maximum Gasteiger partial charge on any atom is 0.303 e. The lowest BCUT2D eigenvalue weighted by atomic mass is 10.2. The van der Waals surface area contributed by atoms with Gasteiger partial charge in [0.1, 0.15) is 0 Å². The second-order valence-corrected chi connectivity index (χ2v) is 3.35. The summed E-state index contributed by atoms with van der Waals surface area (Å²) >= 11 is 0. The van der Waals surface area contributed by atoms with Crippen LogP contribution in [-0.4, -0.2) is 46.7 Å². The van der Waals surface area contributed by atoms with Crippen LogP contribution >= 0.6 is 0 Å². The van der Waals surface area contributed by atoms with Gasteiger partial charge in [0.25, 0.3) is 0 Å². The van der Waals surface area contributed by atoms with E-state index in [2.05, 4.69) is 0 Å². The number of carbonyl (C=O) groups is 2. The Hall–Kier alpha value is -1.10. The molecule has 88 valence electrons. The SMILES string of the molecule is CCCCN(CCO)C(=O)CCC(=O)O. The van der Waals surface area contributed by atoms with Gasteiger partial charge in [0, 0.05) is 19.5 Å². The minimum atomic E-state index is -0.970. The van der Waals surface area contributed by atoms with Crippen LogP contribution in [0, 0.1) is 0 Å². The molecule has 0 aliphatic carbocycles. The lowest BCUT2D eigenvalue weighted by Crippen LogP contribution is -2.34. The van der Waals surface area contributed by atoms with E-state index in [0.29, 0.717) is 13.1 Å². The van der Waals surface area contributed by atoms with E-state index in [9.17, 15) is 9.59 Å². The van der Waals surface area contributed by atoms with E-state index >= 15 is 0 Å². The maximum atomic E-state index is 11.5. The Morgan fingerprint density at radius 2 is 1.87 bits per heavy atom. The van der Waals surface area contributed by atoms with Crippen molar-refractivity contribution in [2.75, 3.05) is 19.7 Å². The van der Waals surface area contributed by atoms with E-state index in [1.807, 2.05) is 6.92 Å². The third-order valence-electron chi connectivity index (χ3n) is 2.06. The Morgan fingerprint density at radius 1 is 1.20 bits per heavy atom. The average Bonchev–Trinajstić information content (AvgIpc) is 2.20. The number of hydrogen-bond donors (Lipinski definition) is 2. The van der Waals surface area contributed by atoms with Gasteiger partial charge in [-0.2, -0.15) is 0 Å². The average molecular weight is 217 g/mol. The lowest BCUT2D eigenvalue weighted by Gasteiger charge is -2.21. The number of carboxylic acids is 1. The summed E-state index contributed by atoms with van der Waals surface area (Å²) in [5.74, 6) is -1.16. The molecule has 15 heavy (non-hydrogen) atoms. The number of aliphatic carboxylic acids is 1. The topological polar surface area (TPSA) is 77.8 Å². The molecule has 0 radical (unpaired) electrons. The minimum absolute atomic E-state index is 0.0129. The number of carbonyl (C=O) groups excluding carboxylic acids is 1. The molecule has 2 N–H and O–H groups in total. The van der Waals surface area contributed by atoms with Gasteiger partial charge in [-0.05, 0) is 6.42 Å². The van der Waals surface area contributed by atoms with E-state index in [1.165, 1.54) is 4.90 Å². The molecule has 0 fully saturated rings. The molecular weight excluding hydrogens is 198 g/mol. The molecule has 0 aromatic rings. The van der Waals surface area contributed by atoms with Crippen molar-refractivity contribution in [1.29, 1.82) is 0 Å². The molecule has 0 unspecified atom stereocenters. The number of aliphatic hydroxyl groups excluding tert-OH is 1. The number of nitrogens with zero attached hydrogens (tertiary/aromatic N) is 1. The van der Waals surface area contributed by atoms with Gasteiger partial charge < -0.3 is 15.1 Å². The molecule has 5 nitrogen and oxygen atoms in total. The predicted molar refractivity (Wildman–Crippen MR) is 55.4 cm³/mol. The number of rotatable bonds is 8. The molecule has 0 spiro atoms. The third-order valence-corrected chi connectivity index (χ3v) is 2.06. The largest absolute Gasteiger partial charge is 0.481 e. The molecular formula is C10H19NO4. The summed E-state index contributed by atoms with van der Waals surface area (Å²) in [6, 6.07) is 0. The van der Waals surface area contributed by atoms with Crippen LogP contribution in [0.5, 0.6) is 0 Å². The highest BCUT2D eigenvalue weighted by Gasteiger charge is 2.13. The predicted octanol–water partition coefficient (Wildman–Crippen LogP) is 0.472. The standard InChI is InChI=1S/C10H19NO4/c1-2-3-6-11(7-8-12)9(13)4-5-10(14)15/h12H,2-8H2,1H3,(H,14,15). The van der Waals surface area contributed by atoms with Crippen LogP contribution in [0.4, 0.5) is 0 Å².